The van der Waals surface area contributed by atoms with Gasteiger partial charge < -0.3 is 0 Å². The summed E-state index contributed by atoms with van der Waals surface area (Å²) in [6, 6.07) is 0.926. The second-order valence-electron chi connectivity index (χ2n) is 5.26. The number of hydrogen-bond acceptors (Lipinski definition) is 1. The number of hydrogen-bond donors (Lipinski definition) is 0. The molecule has 0 unspecified atom stereocenters. The van der Waals surface area contributed by atoms with Crippen LogP contribution in [-0.2, 0) is 0 Å². The lowest BCUT2D eigenvalue weighted by Crippen LogP contribution is -2.58. The molecule has 19 heavy (non-hydrogen) atoms. The fourth-order valence-corrected chi connectivity index (χ4v) is 2.56. The molecule has 0 spiro atoms. The summed E-state index contributed by atoms with van der Waals surface area (Å²) in [6.45, 7) is 3.19. The van der Waals surface area contributed by atoms with Crippen LogP contribution in [0.5, 0.6) is 0 Å². The predicted octanol–water partition coefficient (Wildman–Crippen LogP) is 4.76. The molecule has 0 N–H and O–H groups in total. The van der Waals surface area contributed by atoms with Crippen molar-refractivity contribution in [1.82, 2.24) is 0 Å². The quantitative estimate of drug-likeness (QED) is 0.465. The van der Waals surface area contributed by atoms with Gasteiger partial charge in [-0.05, 0) is 33.6 Å². The Morgan fingerprint density at radius 3 is 1.68 bits per heavy atom. The van der Waals surface area contributed by atoms with Crippen LogP contribution in [-0.4, -0.2) is 12.4 Å². The molecule has 0 aliphatic heterocycles. The van der Waals surface area contributed by atoms with Crippen molar-refractivity contribution >= 4 is 0 Å². The van der Waals surface area contributed by atoms with Gasteiger partial charge in [-0.2, -0.15) is 31.6 Å². The topological polar surface area (TPSA) is 23.8 Å². The van der Waals surface area contributed by atoms with Crippen LogP contribution in [0.1, 0.15) is 33.6 Å². The molecule has 108 valence electrons. The highest BCUT2D eigenvalue weighted by Gasteiger charge is 2.75. The maximum atomic E-state index is 13.2. The van der Waals surface area contributed by atoms with E-state index in [2.05, 4.69) is 0 Å². The van der Waals surface area contributed by atoms with Gasteiger partial charge in [0, 0.05) is 0 Å². The lowest BCUT2D eigenvalue weighted by molar-refractivity contribution is -0.321. The molecular weight excluding hydrogens is 272 g/mol. The summed E-state index contributed by atoms with van der Waals surface area (Å²) in [4.78, 5) is 0. The molecule has 1 aliphatic carbocycles. The van der Waals surface area contributed by atoms with E-state index in [4.69, 9.17) is 5.26 Å². The molecule has 0 aromatic heterocycles. The van der Waals surface area contributed by atoms with Crippen molar-refractivity contribution in [2.45, 2.75) is 46.0 Å². The Balaban J connectivity index is 3.63. The maximum absolute atomic E-state index is 13.2. The van der Waals surface area contributed by atoms with E-state index in [9.17, 15) is 26.3 Å². The molecule has 1 aliphatic rings. The first kappa shape index (κ1) is 15.9. The van der Waals surface area contributed by atoms with Crippen molar-refractivity contribution in [2.24, 2.45) is 10.8 Å². The summed E-state index contributed by atoms with van der Waals surface area (Å²) in [7, 11) is 0. The number of nitriles is 1. The Kier molecular flexibility index (Phi) is 3.47. The Hall–Kier alpha value is -1.19. The van der Waals surface area contributed by atoms with Crippen LogP contribution in [0.3, 0.4) is 0 Å². The van der Waals surface area contributed by atoms with Gasteiger partial charge in [-0.25, -0.2) is 0 Å². The van der Waals surface area contributed by atoms with E-state index in [1.807, 2.05) is 0 Å². The minimum Gasteiger partial charge on any atom is -0.197 e. The SMILES string of the molecule is CC1=C(C)C[C@](C)(C(F)(F)F)[C@](C#N)(C(F)(F)F)C1. The monoisotopic (exact) mass is 285 g/mol. The van der Waals surface area contributed by atoms with Crippen molar-refractivity contribution < 1.29 is 26.3 Å². The van der Waals surface area contributed by atoms with Crippen LogP contribution in [0.4, 0.5) is 26.3 Å². The standard InChI is InChI=1S/C12H13F6N/c1-7-4-9(3,11(13,14)15)10(6-19,5-8(7)2)12(16,17)18/h4-5H2,1-3H3/t9-,10-/m0/s1. The zero-order valence-electron chi connectivity index (χ0n) is 10.6. The lowest BCUT2D eigenvalue weighted by atomic mass is 9.55. The van der Waals surface area contributed by atoms with E-state index in [0.717, 1.165) is 6.07 Å². The Morgan fingerprint density at radius 1 is 0.947 bits per heavy atom. The average Bonchev–Trinajstić information content (AvgIpc) is 2.20. The normalized spacial score (nSPS) is 33.3. The van der Waals surface area contributed by atoms with Gasteiger partial charge in [0.05, 0.1) is 11.5 Å². The van der Waals surface area contributed by atoms with Crippen molar-refractivity contribution in [3.05, 3.63) is 11.1 Å². The van der Waals surface area contributed by atoms with Gasteiger partial charge in [-0.15, -0.1) is 0 Å². The number of halogens is 6. The summed E-state index contributed by atoms with van der Waals surface area (Å²) < 4.78 is 79.0. The Labute approximate surface area is 106 Å². The summed E-state index contributed by atoms with van der Waals surface area (Å²) >= 11 is 0. The average molecular weight is 285 g/mol. The summed E-state index contributed by atoms with van der Waals surface area (Å²) in [5.74, 6) is 0. The largest absolute Gasteiger partial charge is 0.408 e. The number of rotatable bonds is 0. The van der Waals surface area contributed by atoms with Crippen molar-refractivity contribution in [3.8, 4) is 6.07 Å². The van der Waals surface area contributed by atoms with Crippen LogP contribution in [0, 0.1) is 22.2 Å². The molecule has 1 rings (SSSR count). The lowest BCUT2D eigenvalue weighted by Gasteiger charge is -2.49. The third-order valence-electron chi connectivity index (χ3n) is 4.12. The van der Waals surface area contributed by atoms with Crippen molar-refractivity contribution in [1.29, 1.82) is 5.26 Å². The second-order valence-corrected chi connectivity index (χ2v) is 5.26. The van der Waals surface area contributed by atoms with Gasteiger partial charge in [0.15, 0.2) is 5.41 Å². The molecule has 0 heterocycles. The van der Waals surface area contributed by atoms with E-state index in [0.29, 0.717) is 6.92 Å². The second kappa shape index (κ2) is 4.15. The first-order valence-corrected chi connectivity index (χ1v) is 5.52. The molecular formula is C12H13F6N. The molecule has 0 radical (unpaired) electrons. The van der Waals surface area contributed by atoms with E-state index >= 15 is 0 Å². The van der Waals surface area contributed by atoms with E-state index in [1.54, 1.807) is 0 Å². The highest BCUT2D eigenvalue weighted by Crippen LogP contribution is 2.65. The molecule has 0 saturated heterocycles. The van der Waals surface area contributed by atoms with Gasteiger partial charge in [-0.1, -0.05) is 11.1 Å². The number of allylic oxidation sites excluding steroid dienone is 2. The number of nitrogens with zero attached hydrogens (tertiary/aromatic N) is 1. The van der Waals surface area contributed by atoms with Crippen LogP contribution >= 0.6 is 0 Å². The van der Waals surface area contributed by atoms with Crippen LogP contribution < -0.4 is 0 Å². The summed E-state index contributed by atoms with van der Waals surface area (Å²) in [6.07, 6.45) is -12.1. The van der Waals surface area contributed by atoms with Crippen molar-refractivity contribution in [2.75, 3.05) is 0 Å². The molecule has 0 bridgehead atoms. The van der Waals surface area contributed by atoms with Crippen molar-refractivity contribution in [3.63, 3.8) is 0 Å². The van der Waals surface area contributed by atoms with Gasteiger partial charge >= 0.3 is 12.4 Å². The van der Waals surface area contributed by atoms with Gasteiger partial charge in [0.1, 0.15) is 0 Å². The zero-order valence-corrected chi connectivity index (χ0v) is 10.6. The highest BCUT2D eigenvalue weighted by atomic mass is 19.4. The minimum absolute atomic E-state index is 0.195. The Morgan fingerprint density at radius 2 is 1.37 bits per heavy atom. The highest BCUT2D eigenvalue weighted by molar-refractivity contribution is 5.30. The maximum Gasteiger partial charge on any atom is 0.408 e. The first-order valence-electron chi connectivity index (χ1n) is 5.52. The molecule has 0 saturated carbocycles. The minimum atomic E-state index is -5.24. The fraction of sp³-hybridized carbons (Fsp3) is 0.750. The third-order valence-corrected chi connectivity index (χ3v) is 4.12. The molecule has 2 atom stereocenters. The summed E-state index contributed by atoms with van der Waals surface area (Å²) in [5, 5.41) is 8.89. The third kappa shape index (κ3) is 2.01. The van der Waals surface area contributed by atoms with Gasteiger partial charge in [-0.3, -0.25) is 0 Å². The van der Waals surface area contributed by atoms with Crippen LogP contribution in [0.2, 0.25) is 0 Å². The Bertz CT molecular complexity index is 452. The zero-order chi connectivity index (χ0) is 15.3. The van der Waals surface area contributed by atoms with Crippen LogP contribution in [0.15, 0.2) is 11.1 Å². The predicted molar refractivity (Wildman–Crippen MR) is 55.9 cm³/mol. The van der Waals surface area contributed by atoms with Gasteiger partial charge in [0.25, 0.3) is 0 Å². The molecule has 0 aromatic rings. The molecule has 0 aromatic carbocycles. The smallest absolute Gasteiger partial charge is 0.197 e. The summed E-state index contributed by atoms with van der Waals surface area (Å²) in [5.41, 5.74) is -6.10. The number of alkyl halides is 6. The van der Waals surface area contributed by atoms with E-state index in [-0.39, 0.29) is 11.1 Å². The first-order chi connectivity index (χ1) is 8.32. The molecule has 7 heteroatoms. The molecule has 0 amide bonds. The van der Waals surface area contributed by atoms with Crippen LogP contribution in [0.25, 0.3) is 0 Å². The molecule has 0 fully saturated rings. The fourth-order valence-electron chi connectivity index (χ4n) is 2.56. The van der Waals surface area contributed by atoms with E-state index in [1.165, 1.54) is 13.8 Å². The van der Waals surface area contributed by atoms with Gasteiger partial charge in [0.2, 0.25) is 0 Å². The van der Waals surface area contributed by atoms with E-state index < -0.39 is 36.0 Å². The molecule has 1 nitrogen and oxygen atoms in total.